The Labute approximate surface area is 853 Å². The van der Waals surface area contributed by atoms with Gasteiger partial charge in [0.2, 0.25) is 0 Å². The quantitative estimate of drug-likeness (QED) is 0.255. The second-order valence-corrected chi connectivity index (χ2v) is 62.7. The topological polar surface area (TPSA) is 15.7 Å². The number of fused-ring (bicyclic) bond motifs is 7. The van der Waals surface area contributed by atoms with Gasteiger partial charge in [-0.15, -0.1) is 0 Å². The molecule has 20 rings (SSSR count). The summed E-state index contributed by atoms with van der Waals surface area (Å²) in [6.07, 6.45) is 78.7. The molecule has 0 amide bonds. The monoisotopic (exact) mass is 1890 g/mol. The summed E-state index contributed by atoms with van der Waals surface area (Å²) in [5.74, 6) is 21.5. The second kappa shape index (κ2) is 55.8. The zero-order valence-electron chi connectivity index (χ0n) is 101. The number of nitrogens with zero attached hydrogens (tertiary/aromatic N) is 2. The van der Waals surface area contributed by atoms with Crippen LogP contribution in [0.15, 0.2) is 0 Å². The van der Waals surface area contributed by atoms with Crippen molar-refractivity contribution in [3.05, 3.63) is 0 Å². The second-order valence-electron chi connectivity index (χ2n) is 62.7. The van der Waals surface area contributed by atoms with Crippen molar-refractivity contribution in [2.75, 3.05) is 39.9 Å². The maximum absolute atomic E-state index is 5.41. The third-order valence-electron chi connectivity index (χ3n) is 42.6. The van der Waals surface area contributed by atoms with Crippen molar-refractivity contribution in [1.82, 2.24) is 9.80 Å². The summed E-state index contributed by atoms with van der Waals surface area (Å²) in [6, 6.07) is 1.87. The summed E-state index contributed by atoms with van der Waals surface area (Å²) in [4.78, 5) is 5.23. The standard InChI is InChI=1S/C11H21N.2C11H20.C11H22.C10H19N.2C10H20.C9H18O.C9H16.5C8H16/c1-10(2,3)11-4-7-12(8-5-11)9-6-11;1-10(2,3)9-7-11(8-9)5-4-6-11;1-8(2)11-6-9-4-3-5-10(9)7-11;1-11(2,3)10-8-6-4-5-7-9-10;1-7(2)9-6-8-4-5-10(9)11(8)3;2*1-10(2,3)9-7-5-4-6-8-9;1-9(2,3)8-5-4-6-10-7-8;1-6(2)9-7-4-3-5-8(7)9;1-7(2,3)8(4)5-6-8;2*1-8(2,3)7-5-4-6-7;2*1-7(2)8-5-3-4-6-8/h4-9H2,1-3H3;9H,4-8H2,1-3H3;8-11H,3-7H2,1-2H3;10H,4-9H2,1-3H3;7-10H,4-6H2,1-3H3;2*9H,4-8H2,1-3H3;8H,4-7H2,1-3H3;6-9H,3-5H2,1-2H3;5-6H2,1-4H3;2*7H,4-6H2,1-3H3;2*7-8H,3-6H2,1-2H3. The van der Waals surface area contributed by atoms with Crippen LogP contribution in [-0.4, -0.2) is 61.8 Å². The third kappa shape index (κ3) is 42.2. The maximum Gasteiger partial charge on any atom is 0.0499 e. The van der Waals surface area contributed by atoms with Crippen LogP contribution in [-0.2, 0) is 4.74 Å². The van der Waals surface area contributed by atoms with Gasteiger partial charge < -0.3 is 14.5 Å². The van der Waals surface area contributed by atoms with Crippen LogP contribution in [0.5, 0.6) is 0 Å². The van der Waals surface area contributed by atoms with Crippen molar-refractivity contribution in [2.45, 2.75) is 615 Å². The Hall–Kier alpha value is -0.120. The normalized spacial score (nSPS) is 30.8. The van der Waals surface area contributed by atoms with Gasteiger partial charge in [-0.25, -0.2) is 0 Å². The molecule has 6 aliphatic heterocycles. The van der Waals surface area contributed by atoms with Gasteiger partial charge in [-0.05, 0) is 396 Å². The van der Waals surface area contributed by atoms with Crippen molar-refractivity contribution < 1.29 is 4.74 Å². The first-order valence-electron chi connectivity index (χ1n) is 61.5. The zero-order chi connectivity index (χ0) is 101. The van der Waals surface area contributed by atoms with E-state index in [-0.39, 0.29) is 0 Å². The van der Waals surface area contributed by atoms with Crippen LogP contribution < -0.4 is 0 Å². The van der Waals surface area contributed by atoms with E-state index in [9.17, 15) is 0 Å². The van der Waals surface area contributed by atoms with E-state index < -0.39 is 0 Å². The molecule has 135 heavy (non-hydrogen) atoms. The van der Waals surface area contributed by atoms with Crippen LogP contribution in [0.25, 0.3) is 0 Å². The highest BCUT2D eigenvalue weighted by molar-refractivity contribution is 5.05. The van der Waals surface area contributed by atoms with Gasteiger partial charge in [0.1, 0.15) is 0 Å². The molecule has 14 aliphatic carbocycles. The molecule has 0 aromatic heterocycles. The minimum Gasteiger partial charge on any atom is -0.381 e. The molecular weight excluding hydrogens is 1630 g/mol. The van der Waals surface area contributed by atoms with Gasteiger partial charge in [-0.2, -0.15) is 0 Å². The van der Waals surface area contributed by atoms with Crippen molar-refractivity contribution in [1.29, 1.82) is 0 Å². The number of piperidine rings is 3. The molecule has 8 atom stereocenters. The van der Waals surface area contributed by atoms with E-state index in [4.69, 9.17) is 4.74 Å². The summed E-state index contributed by atoms with van der Waals surface area (Å²) in [7, 11) is 2.31. The Morgan fingerprint density at radius 3 is 0.793 bits per heavy atom. The SMILES string of the molecule is CC(C)(C)C1(C)CC1.CC(C)(C)C12CCN(CC1)CC2.CC(C)(C)C1CC2(CCC2)C1.CC(C)(C)C1CCC1.CC(C)(C)C1CCC1.CC(C)(C)C1CCCCC1.CC(C)(C)C1CCCCC1.CC(C)(C)C1CCCCCC1.CC(C)(C)C1CCCOC1.CC(C)C1C2CCCC21.CC(C)C1CC2CCC1N2C.CC(C)C1CC2CCCC2C1.CC(C)C1CCCC1.CC(C)C1CCCC1. The summed E-state index contributed by atoms with van der Waals surface area (Å²) < 4.78 is 5.41. The Bertz CT molecular complexity index is 2860. The van der Waals surface area contributed by atoms with Crippen LogP contribution in [0.1, 0.15) is 603 Å². The lowest BCUT2D eigenvalue weighted by atomic mass is 9.47. The Morgan fingerprint density at radius 2 is 0.593 bits per heavy atom. The lowest BCUT2D eigenvalue weighted by Gasteiger charge is -2.58. The minimum atomic E-state index is 0.445. The first kappa shape index (κ1) is 124. The highest BCUT2D eigenvalue weighted by Crippen LogP contribution is 2.64. The smallest absolute Gasteiger partial charge is 0.0499 e. The van der Waals surface area contributed by atoms with Crippen LogP contribution in [0, 0.1) is 189 Å². The number of hydrogen-bond donors (Lipinski definition) is 0. The van der Waals surface area contributed by atoms with Crippen molar-refractivity contribution in [2.24, 2.45) is 189 Å². The van der Waals surface area contributed by atoms with E-state index in [2.05, 4.69) is 280 Å². The zero-order valence-corrected chi connectivity index (χ0v) is 101. The van der Waals surface area contributed by atoms with E-state index in [0.29, 0.717) is 59.6 Å². The highest BCUT2D eigenvalue weighted by atomic mass is 16.5. The van der Waals surface area contributed by atoms with E-state index in [1.807, 2.05) is 0 Å². The number of ether oxygens (including phenoxy) is 1. The van der Waals surface area contributed by atoms with Gasteiger partial charge in [0, 0.05) is 25.3 Å². The van der Waals surface area contributed by atoms with Gasteiger partial charge in [0.15, 0.2) is 0 Å². The van der Waals surface area contributed by atoms with E-state index in [1.165, 1.54) is 320 Å². The number of hydrogen-bond acceptors (Lipinski definition) is 3. The van der Waals surface area contributed by atoms with Crippen LogP contribution in [0.2, 0.25) is 0 Å². The molecule has 3 heteroatoms. The van der Waals surface area contributed by atoms with Crippen molar-refractivity contribution in [3.63, 3.8) is 0 Å². The van der Waals surface area contributed by atoms with Gasteiger partial charge in [0.25, 0.3) is 0 Å². The molecule has 20 fully saturated rings. The molecule has 3 nitrogen and oxygen atoms in total. The van der Waals surface area contributed by atoms with E-state index in [1.54, 1.807) is 51.4 Å². The summed E-state index contributed by atoms with van der Waals surface area (Å²) in [6.45, 7) is 95.9. The Kier molecular flexibility index (Phi) is 51.0. The molecule has 0 aromatic rings. The molecule has 20 aliphatic rings. The fraction of sp³-hybridized carbons (Fsp3) is 1.00. The molecule has 0 radical (unpaired) electrons. The van der Waals surface area contributed by atoms with Crippen molar-refractivity contribution >= 4 is 0 Å². The van der Waals surface area contributed by atoms with Gasteiger partial charge in [-0.3, -0.25) is 0 Å². The predicted molar refractivity (Wildman–Crippen MR) is 605 cm³/mol. The van der Waals surface area contributed by atoms with E-state index in [0.717, 1.165) is 143 Å². The fourth-order valence-electron chi connectivity index (χ4n) is 28.9. The van der Waals surface area contributed by atoms with Crippen LogP contribution >= 0.6 is 0 Å². The summed E-state index contributed by atoms with van der Waals surface area (Å²) in [5, 5.41) is 0. The fourth-order valence-corrected chi connectivity index (χ4v) is 28.9. The lowest BCUT2D eigenvalue weighted by molar-refractivity contribution is -0.0700. The average Bonchev–Trinajstić information content (AvgIpc) is 1.73. The van der Waals surface area contributed by atoms with E-state index >= 15 is 0 Å². The van der Waals surface area contributed by atoms with Gasteiger partial charge >= 0.3 is 0 Å². The molecule has 0 aromatic carbocycles. The van der Waals surface area contributed by atoms with Crippen LogP contribution in [0.3, 0.4) is 0 Å². The van der Waals surface area contributed by atoms with Crippen LogP contribution in [0.4, 0.5) is 0 Å². The van der Waals surface area contributed by atoms with Gasteiger partial charge in [-0.1, -0.05) is 424 Å². The Morgan fingerprint density at radius 1 is 0.274 bits per heavy atom. The molecule has 1 spiro atoms. The molecule has 6 saturated heterocycles. The largest absolute Gasteiger partial charge is 0.381 e. The minimum absolute atomic E-state index is 0.445. The summed E-state index contributed by atoms with van der Waals surface area (Å²) in [5.41, 5.74) is 7.24. The molecule has 8 unspecified atom stereocenters. The van der Waals surface area contributed by atoms with Crippen molar-refractivity contribution in [3.8, 4) is 0 Å². The molecule has 14 saturated carbocycles. The maximum atomic E-state index is 5.41. The highest BCUT2D eigenvalue weighted by Gasteiger charge is 2.55. The molecule has 4 bridgehead atoms. The molecule has 800 valence electrons. The molecule has 0 N–H and O–H groups in total. The summed E-state index contributed by atoms with van der Waals surface area (Å²) >= 11 is 0. The predicted octanol–water partition coefficient (Wildman–Crippen LogP) is 42.3. The first-order chi connectivity index (χ1) is 62.5. The molecule has 6 heterocycles. The Balaban J connectivity index is 0.000000224. The molecular formula is C132H256N2O. The first-order valence-corrected chi connectivity index (χ1v) is 61.5. The number of rotatable bonds is 5. The van der Waals surface area contributed by atoms with Gasteiger partial charge in [0.05, 0.1) is 0 Å². The average molecular weight is 1890 g/mol. The third-order valence-corrected chi connectivity index (χ3v) is 42.6. The lowest BCUT2D eigenvalue weighted by Crippen LogP contribution is -2.53.